The number of rotatable bonds is 6. The summed E-state index contributed by atoms with van der Waals surface area (Å²) in [5, 5.41) is 2.36. The molecule has 5 rings (SSSR count). The van der Waals surface area contributed by atoms with Crippen LogP contribution in [0.5, 0.6) is 17.2 Å². The molecule has 3 aromatic carbocycles. The predicted molar refractivity (Wildman–Crippen MR) is 133 cm³/mol. The molecular weight excluding hydrogens is 412 g/mol. The first kappa shape index (κ1) is 21.0. The van der Waals surface area contributed by atoms with Crippen LogP contribution in [0.2, 0.25) is 0 Å². The van der Waals surface area contributed by atoms with E-state index in [1.807, 2.05) is 24.3 Å². The zero-order valence-corrected chi connectivity index (χ0v) is 19.6. The molecule has 2 aromatic heterocycles. The molecule has 33 heavy (non-hydrogen) atoms. The number of hydrogen-bond acceptors (Lipinski definition) is 3. The molecular formula is C28H28N2O3. The van der Waals surface area contributed by atoms with Crippen LogP contribution in [0.4, 0.5) is 0 Å². The van der Waals surface area contributed by atoms with Gasteiger partial charge < -0.3 is 23.3 Å². The van der Waals surface area contributed by atoms with Gasteiger partial charge in [-0.3, -0.25) is 0 Å². The van der Waals surface area contributed by atoms with Gasteiger partial charge in [0.15, 0.2) is 0 Å². The van der Waals surface area contributed by atoms with Gasteiger partial charge in [0, 0.05) is 54.2 Å². The minimum atomic E-state index is 0.0162. The third-order valence-corrected chi connectivity index (χ3v) is 6.53. The van der Waals surface area contributed by atoms with Crippen LogP contribution < -0.4 is 14.2 Å². The molecule has 0 N–H and O–H groups in total. The van der Waals surface area contributed by atoms with Crippen LogP contribution in [-0.2, 0) is 14.1 Å². The fourth-order valence-corrected chi connectivity index (χ4v) is 4.84. The van der Waals surface area contributed by atoms with Crippen LogP contribution in [0.25, 0.3) is 21.8 Å². The van der Waals surface area contributed by atoms with Gasteiger partial charge in [-0.2, -0.15) is 0 Å². The normalized spacial score (nSPS) is 11.5. The van der Waals surface area contributed by atoms with E-state index in [0.29, 0.717) is 0 Å². The second-order valence-electron chi connectivity index (χ2n) is 8.36. The lowest BCUT2D eigenvalue weighted by Crippen LogP contribution is -2.03. The van der Waals surface area contributed by atoms with Crippen LogP contribution >= 0.6 is 0 Å². The highest BCUT2D eigenvalue weighted by atomic mass is 16.5. The van der Waals surface area contributed by atoms with Gasteiger partial charge in [-0.1, -0.05) is 12.1 Å². The van der Waals surface area contributed by atoms with E-state index in [2.05, 4.69) is 72.0 Å². The van der Waals surface area contributed by atoms with E-state index in [9.17, 15) is 0 Å². The van der Waals surface area contributed by atoms with Crippen LogP contribution in [0, 0.1) is 0 Å². The highest BCUT2D eigenvalue weighted by Gasteiger charge is 2.25. The number of methoxy groups -OCH3 is 3. The van der Waals surface area contributed by atoms with Gasteiger partial charge in [0.1, 0.15) is 17.2 Å². The molecule has 0 saturated heterocycles. The first-order valence-electron chi connectivity index (χ1n) is 10.9. The molecule has 5 aromatic rings. The molecule has 0 unspecified atom stereocenters. The zero-order valence-electron chi connectivity index (χ0n) is 19.6. The lowest BCUT2D eigenvalue weighted by Gasteiger charge is -2.18. The minimum Gasteiger partial charge on any atom is -0.497 e. The Morgan fingerprint density at radius 3 is 1.42 bits per heavy atom. The van der Waals surface area contributed by atoms with Gasteiger partial charge in [-0.25, -0.2) is 0 Å². The summed E-state index contributed by atoms with van der Waals surface area (Å²) in [7, 11) is 9.30. The van der Waals surface area contributed by atoms with Gasteiger partial charge >= 0.3 is 0 Å². The van der Waals surface area contributed by atoms with Crippen molar-refractivity contribution in [2.75, 3.05) is 21.3 Å². The van der Waals surface area contributed by atoms with E-state index in [1.165, 1.54) is 38.5 Å². The smallest absolute Gasteiger partial charge is 0.119 e. The number of ether oxygens (including phenoxy) is 3. The standard InChI is InChI=1S/C28H28N2O3/c1-29-16-24(22-14-20(32-4)10-12-26(22)29)28(18-6-8-19(31-3)9-7-18)25-17-30(2)27-13-11-21(33-5)15-23(25)27/h6-17,28H,1-5H3. The monoisotopic (exact) mass is 440 g/mol. The summed E-state index contributed by atoms with van der Waals surface area (Å²) in [6.45, 7) is 0. The Bertz CT molecular complexity index is 1360. The van der Waals surface area contributed by atoms with Gasteiger partial charge in [-0.05, 0) is 65.2 Å². The van der Waals surface area contributed by atoms with Crippen LogP contribution in [0.1, 0.15) is 22.6 Å². The average molecular weight is 441 g/mol. The maximum atomic E-state index is 5.57. The molecule has 0 bridgehead atoms. The van der Waals surface area contributed by atoms with E-state index in [1.54, 1.807) is 21.3 Å². The van der Waals surface area contributed by atoms with E-state index in [-0.39, 0.29) is 5.92 Å². The Labute approximate surface area is 193 Å². The molecule has 2 heterocycles. The fourth-order valence-electron chi connectivity index (χ4n) is 4.84. The summed E-state index contributed by atoms with van der Waals surface area (Å²) in [5.74, 6) is 2.56. The SMILES string of the molecule is COc1ccc(C(c2cn(C)c3ccc(OC)cc23)c2cn(C)c3ccc(OC)cc23)cc1. The Morgan fingerprint density at radius 2 is 1.00 bits per heavy atom. The van der Waals surface area contributed by atoms with Crippen LogP contribution in [0.3, 0.4) is 0 Å². The van der Waals surface area contributed by atoms with E-state index >= 15 is 0 Å². The second kappa shape index (κ2) is 8.24. The van der Waals surface area contributed by atoms with Crippen LogP contribution in [-0.4, -0.2) is 30.5 Å². The quantitative estimate of drug-likeness (QED) is 0.331. The van der Waals surface area contributed by atoms with Crippen molar-refractivity contribution in [1.82, 2.24) is 9.13 Å². The highest BCUT2D eigenvalue weighted by Crippen LogP contribution is 2.42. The van der Waals surface area contributed by atoms with Gasteiger partial charge in [0.05, 0.1) is 21.3 Å². The van der Waals surface area contributed by atoms with E-state index in [0.717, 1.165) is 17.2 Å². The van der Waals surface area contributed by atoms with Crippen molar-refractivity contribution < 1.29 is 14.2 Å². The highest BCUT2D eigenvalue weighted by molar-refractivity contribution is 5.91. The summed E-state index contributed by atoms with van der Waals surface area (Å²) in [6, 6.07) is 20.9. The van der Waals surface area contributed by atoms with E-state index in [4.69, 9.17) is 14.2 Å². The Morgan fingerprint density at radius 1 is 0.576 bits per heavy atom. The zero-order chi connectivity index (χ0) is 23.1. The summed E-state index contributed by atoms with van der Waals surface area (Å²) in [5.41, 5.74) is 5.99. The molecule has 168 valence electrons. The average Bonchev–Trinajstić information content (AvgIpc) is 3.35. The summed E-state index contributed by atoms with van der Waals surface area (Å²) in [4.78, 5) is 0. The number of hydrogen-bond donors (Lipinski definition) is 0. The molecule has 5 heteroatoms. The maximum absolute atomic E-state index is 5.57. The number of aromatic nitrogens is 2. The Balaban J connectivity index is 1.82. The third-order valence-electron chi connectivity index (χ3n) is 6.53. The number of fused-ring (bicyclic) bond motifs is 2. The first-order chi connectivity index (χ1) is 16.0. The number of benzene rings is 3. The summed E-state index contributed by atoms with van der Waals surface area (Å²) < 4.78 is 20.9. The fraction of sp³-hybridized carbons (Fsp3) is 0.214. The molecule has 0 saturated carbocycles. The minimum absolute atomic E-state index is 0.0162. The number of nitrogens with zero attached hydrogens (tertiary/aromatic N) is 2. The molecule has 0 spiro atoms. The van der Waals surface area contributed by atoms with Crippen molar-refractivity contribution in [3.05, 3.63) is 89.7 Å². The van der Waals surface area contributed by atoms with Gasteiger partial charge in [0.2, 0.25) is 0 Å². The summed E-state index contributed by atoms with van der Waals surface area (Å²) >= 11 is 0. The van der Waals surface area contributed by atoms with Crippen molar-refractivity contribution in [2.45, 2.75) is 5.92 Å². The molecule has 0 aliphatic carbocycles. The molecule has 0 aliphatic rings. The van der Waals surface area contributed by atoms with Crippen molar-refractivity contribution >= 4 is 21.8 Å². The van der Waals surface area contributed by atoms with Gasteiger partial charge in [-0.15, -0.1) is 0 Å². The topological polar surface area (TPSA) is 37.5 Å². The lowest BCUT2D eigenvalue weighted by atomic mass is 9.84. The molecule has 0 atom stereocenters. The van der Waals surface area contributed by atoms with Crippen molar-refractivity contribution in [3.63, 3.8) is 0 Å². The van der Waals surface area contributed by atoms with Crippen molar-refractivity contribution in [2.24, 2.45) is 14.1 Å². The Hall–Kier alpha value is -3.86. The maximum Gasteiger partial charge on any atom is 0.119 e. The first-order valence-corrected chi connectivity index (χ1v) is 10.9. The Kier molecular flexibility index (Phi) is 5.25. The molecule has 5 nitrogen and oxygen atoms in total. The molecule has 0 fully saturated rings. The van der Waals surface area contributed by atoms with E-state index < -0.39 is 0 Å². The van der Waals surface area contributed by atoms with Crippen LogP contribution in [0.15, 0.2) is 73.1 Å². The summed E-state index contributed by atoms with van der Waals surface area (Å²) in [6.07, 6.45) is 4.47. The van der Waals surface area contributed by atoms with Gasteiger partial charge in [0.25, 0.3) is 0 Å². The van der Waals surface area contributed by atoms with Crippen molar-refractivity contribution in [3.8, 4) is 17.2 Å². The molecule has 0 aliphatic heterocycles. The predicted octanol–water partition coefficient (Wildman–Crippen LogP) is 5.88. The number of aryl methyl sites for hydroxylation is 2. The largest absolute Gasteiger partial charge is 0.497 e. The third kappa shape index (κ3) is 3.50. The van der Waals surface area contributed by atoms with Crippen molar-refractivity contribution in [1.29, 1.82) is 0 Å². The molecule has 0 radical (unpaired) electrons. The molecule has 0 amide bonds. The lowest BCUT2D eigenvalue weighted by molar-refractivity contribution is 0.414. The second-order valence-corrected chi connectivity index (χ2v) is 8.36.